The third-order valence-electron chi connectivity index (χ3n) is 5.07. The van der Waals surface area contributed by atoms with Crippen LogP contribution < -0.4 is 5.32 Å². The molecule has 1 N–H and O–H groups in total. The van der Waals surface area contributed by atoms with E-state index in [2.05, 4.69) is 30.7 Å². The van der Waals surface area contributed by atoms with Crippen LogP contribution in [0.2, 0.25) is 0 Å². The Kier molecular flexibility index (Phi) is 3.66. The number of aromatic nitrogens is 2. The molecule has 2 unspecified atom stereocenters. The maximum Gasteiger partial charge on any atom is 0.106 e. The fraction of sp³-hybridized carbons (Fsp3) is 0.812. The molecule has 3 heteroatoms. The fourth-order valence-corrected chi connectivity index (χ4v) is 4.15. The number of fused-ring (bicyclic) bond motifs is 1. The molecule has 2 atom stereocenters. The van der Waals surface area contributed by atoms with E-state index < -0.39 is 0 Å². The number of nitrogens with zero attached hydrogens (tertiary/aromatic N) is 2. The highest BCUT2D eigenvalue weighted by molar-refractivity contribution is 5.21. The van der Waals surface area contributed by atoms with Crippen molar-refractivity contribution in [2.45, 2.75) is 65.5 Å². The average molecular weight is 261 g/mol. The van der Waals surface area contributed by atoms with Crippen LogP contribution in [0.5, 0.6) is 0 Å². The summed E-state index contributed by atoms with van der Waals surface area (Å²) in [5.74, 6) is 2.86. The third-order valence-corrected chi connectivity index (χ3v) is 5.07. The van der Waals surface area contributed by atoms with E-state index in [-0.39, 0.29) is 0 Å². The Morgan fingerprint density at radius 2 is 2.05 bits per heavy atom. The third kappa shape index (κ3) is 2.33. The van der Waals surface area contributed by atoms with Crippen molar-refractivity contribution < 1.29 is 0 Å². The Hall–Kier alpha value is -0.830. The standard InChI is InChI=1S/C16H27N3/c1-11(2)13-6-4-5-7-15(13)19-12(3)18-14-10-17-9-8-16(14)19/h11,13,15,17H,4-10H2,1-3H3. The van der Waals surface area contributed by atoms with Crippen molar-refractivity contribution >= 4 is 0 Å². The van der Waals surface area contributed by atoms with Crippen molar-refractivity contribution in [3.8, 4) is 0 Å². The Labute approximate surface area is 116 Å². The van der Waals surface area contributed by atoms with E-state index in [1.807, 2.05) is 0 Å². The molecule has 1 aliphatic heterocycles. The monoisotopic (exact) mass is 261 g/mol. The second-order valence-electron chi connectivity index (χ2n) is 6.61. The summed E-state index contributed by atoms with van der Waals surface area (Å²) in [5, 5.41) is 3.44. The first-order chi connectivity index (χ1) is 9.18. The maximum absolute atomic E-state index is 4.82. The predicted molar refractivity (Wildman–Crippen MR) is 78.2 cm³/mol. The summed E-state index contributed by atoms with van der Waals surface area (Å²) in [6.45, 7) is 9.05. The highest BCUT2D eigenvalue weighted by Crippen LogP contribution is 2.40. The van der Waals surface area contributed by atoms with Crippen molar-refractivity contribution in [3.63, 3.8) is 0 Å². The van der Waals surface area contributed by atoms with E-state index in [0.29, 0.717) is 6.04 Å². The van der Waals surface area contributed by atoms with Gasteiger partial charge in [0.15, 0.2) is 0 Å². The first-order valence-corrected chi connectivity index (χ1v) is 7.95. The predicted octanol–water partition coefficient (Wildman–Crippen LogP) is 3.22. The van der Waals surface area contributed by atoms with Crippen molar-refractivity contribution in [1.29, 1.82) is 0 Å². The Balaban J connectivity index is 1.97. The van der Waals surface area contributed by atoms with Gasteiger partial charge in [0.25, 0.3) is 0 Å². The molecule has 0 aromatic carbocycles. The number of hydrogen-bond donors (Lipinski definition) is 1. The first-order valence-electron chi connectivity index (χ1n) is 7.95. The van der Waals surface area contributed by atoms with Gasteiger partial charge in [-0.25, -0.2) is 4.98 Å². The lowest BCUT2D eigenvalue weighted by Crippen LogP contribution is -2.31. The second kappa shape index (κ2) is 5.28. The van der Waals surface area contributed by atoms with Gasteiger partial charge in [-0.1, -0.05) is 26.7 Å². The van der Waals surface area contributed by atoms with Crippen LogP contribution in [0.15, 0.2) is 0 Å². The normalized spacial score (nSPS) is 27.6. The minimum atomic E-state index is 0.697. The van der Waals surface area contributed by atoms with E-state index in [9.17, 15) is 0 Å². The summed E-state index contributed by atoms with van der Waals surface area (Å²) in [7, 11) is 0. The van der Waals surface area contributed by atoms with Gasteiger partial charge in [-0.3, -0.25) is 0 Å². The molecule has 0 spiro atoms. The molecule has 0 saturated heterocycles. The van der Waals surface area contributed by atoms with Gasteiger partial charge in [-0.05, 0) is 31.6 Å². The van der Waals surface area contributed by atoms with Gasteiger partial charge in [0.05, 0.1) is 5.69 Å². The van der Waals surface area contributed by atoms with Crippen LogP contribution in [-0.2, 0) is 13.0 Å². The zero-order chi connectivity index (χ0) is 13.4. The van der Waals surface area contributed by atoms with E-state index in [0.717, 1.165) is 31.3 Å². The molecular weight excluding hydrogens is 234 g/mol. The number of aryl methyl sites for hydroxylation is 1. The van der Waals surface area contributed by atoms with Gasteiger partial charge in [-0.15, -0.1) is 0 Å². The topological polar surface area (TPSA) is 29.9 Å². The SMILES string of the molecule is Cc1nc2c(n1C1CCCCC1C(C)C)CCNC2. The van der Waals surface area contributed by atoms with Gasteiger partial charge in [0, 0.05) is 31.2 Å². The van der Waals surface area contributed by atoms with Gasteiger partial charge >= 0.3 is 0 Å². The van der Waals surface area contributed by atoms with Crippen LogP contribution in [0, 0.1) is 18.8 Å². The molecule has 1 fully saturated rings. The van der Waals surface area contributed by atoms with Crippen molar-refractivity contribution in [1.82, 2.24) is 14.9 Å². The zero-order valence-corrected chi connectivity index (χ0v) is 12.6. The zero-order valence-electron chi connectivity index (χ0n) is 12.6. The van der Waals surface area contributed by atoms with Crippen LogP contribution in [0.1, 0.15) is 62.8 Å². The molecule has 1 aromatic heterocycles. The van der Waals surface area contributed by atoms with Crippen LogP contribution in [0.3, 0.4) is 0 Å². The summed E-state index contributed by atoms with van der Waals surface area (Å²) in [6, 6.07) is 0.697. The van der Waals surface area contributed by atoms with Crippen LogP contribution in [-0.4, -0.2) is 16.1 Å². The summed E-state index contributed by atoms with van der Waals surface area (Å²) in [6.07, 6.45) is 6.69. The lowest BCUT2D eigenvalue weighted by Gasteiger charge is -2.37. The van der Waals surface area contributed by atoms with Gasteiger partial charge in [-0.2, -0.15) is 0 Å². The van der Waals surface area contributed by atoms with Crippen LogP contribution in [0.4, 0.5) is 0 Å². The summed E-state index contributed by atoms with van der Waals surface area (Å²) < 4.78 is 2.61. The molecule has 1 saturated carbocycles. The van der Waals surface area contributed by atoms with Crippen LogP contribution >= 0.6 is 0 Å². The van der Waals surface area contributed by atoms with Gasteiger partial charge in [0.2, 0.25) is 0 Å². The van der Waals surface area contributed by atoms with Crippen molar-refractivity contribution in [3.05, 3.63) is 17.2 Å². The highest BCUT2D eigenvalue weighted by Gasteiger charge is 2.32. The smallest absolute Gasteiger partial charge is 0.106 e. The number of rotatable bonds is 2. The van der Waals surface area contributed by atoms with Crippen molar-refractivity contribution in [2.24, 2.45) is 11.8 Å². The summed E-state index contributed by atoms with van der Waals surface area (Å²) in [5.41, 5.74) is 2.82. The number of nitrogens with one attached hydrogen (secondary N) is 1. The summed E-state index contributed by atoms with van der Waals surface area (Å²) in [4.78, 5) is 4.82. The van der Waals surface area contributed by atoms with Crippen molar-refractivity contribution in [2.75, 3.05) is 6.54 Å². The van der Waals surface area contributed by atoms with Crippen LogP contribution in [0.25, 0.3) is 0 Å². The van der Waals surface area contributed by atoms with E-state index in [1.54, 1.807) is 0 Å². The second-order valence-corrected chi connectivity index (χ2v) is 6.61. The molecule has 3 rings (SSSR count). The number of imidazole rings is 1. The molecule has 2 aliphatic rings. The first kappa shape index (κ1) is 13.2. The number of hydrogen-bond acceptors (Lipinski definition) is 2. The molecule has 3 nitrogen and oxygen atoms in total. The Morgan fingerprint density at radius 3 is 2.84 bits per heavy atom. The summed E-state index contributed by atoms with van der Waals surface area (Å²) >= 11 is 0. The van der Waals surface area contributed by atoms with E-state index in [1.165, 1.54) is 42.9 Å². The highest BCUT2D eigenvalue weighted by atomic mass is 15.1. The minimum Gasteiger partial charge on any atom is -0.329 e. The molecule has 1 aromatic rings. The molecule has 2 heterocycles. The van der Waals surface area contributed by atoms with Gasteiger partial charge < -0.3 is 9.88 Å². The fourth-order valence-electron chi connectivity index (χ4n) is 4.15. The Bertz CT molecular complexity index is 447. The lowest BCUT2D eigenvalue weighted by molar-refractivity contribution is 0.179. The lowest BCUT2D eigenvalue weighted by atomic mass is 9.77. The van der Waals surface area contributed by atoms with Gasteiger partial charge in [0.1, 0.15) is 5.82 Å². The average Bonchev–Trinajstić information content (AvgIpc) is 2.74. The van der Waals surface area contributed by atoms with E-state index in [4.69, 9.17) is 4.98 Å². The molecule has 106 valence electrons. The van der Waals surface area contributed by atoms with E-state index >= 15 is 0 Å². The molecule has 0 bridgehead atoms. The quantitative estimate of drug-likeness (QED) is 0.886. The Morgan fingerprint density at radius 1 is 1.26 bits per heavy atom. The molecule has 1 aliphatic carbocycles. The largest absolute Gasteiger partial charge is 0.329 e. The molecule has 0 amide bonds. The molecular formula is C16H27N3. The minimum absolute atomic E-state index is 0.697. The molecule has 19 heavy (non-hydrogen) atoms. The maximum atomic E-state index is 4.82. The molecule has 0 radical (unpaired) electrons.